The van der Waals surface area contributed by atoms with E-state index in [0.29, 0.717) is 17.7 Å². The van der Waals surface area contributed by atoms with Gasteiger partial charge in [-0.1, -0.05) is 0 Å². The molecule has 0 bridgehead atoms. The summed E-state index contributed by atoms with van der Waals surface area (Å²) < 4.78 is 28.4. The maximum atomic E-state index is 11.9. The van der Waals surface area contributed by atoms with E-state index in [0.717, 1.165) is 0 Å². The predicted octanol–water partition coefficient (Wildman–Crippen LogP) is 0.118. The Bertz CT molecular complexity index is 699. The maximum absolute atomic E-state index is 11.9. The Morgan fingerprint density at radius 2 is 1.91 bits per heavy atom. The van der Waals surface area contributed by atoms with Gasteiger partial charge in [0.25, 0.3) is 11.8 Å². The van der Waals surface area contributed by atoms with Crippen LogP contribution in [-0.4, -0.2) is 50.9 Å². The van der Waals surface area contributed by atoms with E-state index in [9.17, 15) is 18.0 Å². The van der Waals surface area contributed by atoms with Crippen molar-refractivity contribution < 1.29 is 22.7 Å². The van der Waals surface area contributed by atoms with Gasteiger partial charge in [0.05, 0.1) is 17.0 Å². The molecule has 2 amide bonds. The van der Waals surface area contributed by atoms with Crippen molar-refractivity contribution in [1.82, 2.24) is 10.6 Å². The van der Waals surface area contributed by atoms with Gasteiger partial charge in [0.2, 0.25) is 0 Å². The molecule has 0 radical (unpaired) electrons. The van der Waals surface area contributed by atoms with Crippen molar-refractivity contribution in [2.24, 2.45) is 0 Å². The molecule has 1 aromatic carbocycles. The minimum absolute atomic E-state index is 0.0490. The van der Waals surface area contributed by atoms with Crippen molar-refractivity contribution in [3.05, 3.63) is 29.8 Å². The topological polar surface area (TPSA) is 102 Å². The van der Waals surface area contributed by atoms with Crippen LogP contribution in [0.3, 0.4) is 0 Å². The number of carbonyl (C=O) groups excluding carboxylic acids is 2. The van der Waals surface area contributed by atoms with Gasteiger partial charge < -0.3 is 15.4 Å². The van der Waals surface area contributed by atoms with Crippen molar-refractivity contribution in [3.63, 3.8) is 0 Å². The Morgan fingerprint density at radius 1 is 1.26 bits per heavy atom. The monoisotopic (exact) mass is 340 g/mol. The first-order chi connectivity index (χ1) is 10.7. The molecule has 8 heteroatoms. The highest BCUT2D eigenvalue weighted by molar-refractivity contribution is 7.91. The second-order valence-electron chi connectivity index (χ2n) is 5.84. The summed E-state index contributed by atoms with van der Waals surface area (Å²) in [6, 6.07) is 6.38. The smallest absolute Gasteiger partial charge is 0.258 e. The molecule has 1 unspecified atom stereocenters. The highest BCUT2D eigenvalue weighted by Crippen LogP contribution is 2.22. The largest absolute Gasteiger partial charge is 0.484 e. The number of nitrogens with one attached hydrogen (secondary N) is 2. The first-order valence-corrected chi connectivity index (χ1v) is 9.02. The van der Waals surface area contributed by atoms with E-state index < -0.39 is 15.4 Å². The average molecular weight is 340 g/mol. The lowest BCUT2D eigenvalue weighted by Crippen LogP contribution is -2.48. The Morgan fingerprint density at radius 3 is 2.43 bits per heavy atom. The molecular formula is C15H20N2O5S. The molecule has 0 aromatic heterocycles. The van der Waals surface area contributed by atoms with E-state index in [4.69, 9.17) is 4.74 Å². The van der Waals surface area contributed by atoms with Crippen LogP contribution >= 0.6 is 0 Å². The van der Waals surface area contributed by atoms with E-state index in [1.54, 1.807) is 38.2 Å². The molecule has 2 rings (SSSR count). The minimum atomic E-state index is -3.08. The second-order valence-corrected chi connectivity index (χ2v) is 8.03. The number of hydrogen-bond acceptors (Lipinski definition) is 5. The molecule has 1 heterocycles. The van der Waals surface area contributed by atoms with Gasteiger partial charge >= 0.3 is 0 Å². The molecule has 1 aliphatic rings. The highest BCUT2D eigenvalue weighted by Gasteiger charge is 2.39. The third-order valence-electron chi connectivity index (χ3n) is 3.66. The molecule has 7 nitrogen and oxygen atoms in total. The molecule has 23 heavy (non-hydrogen) atoms. The third kappa shape index (κ3) is 4.69. The van der Waals surface area contributed by atoms with E-state index in [2.05, 4.69) is 10.6 Å². The SMILES string of the molecule is CNC(=O)c1ccc(OCC(=O)NC2(C)CCS(=O)(=O)C2)cc1. The lowest BCUT2D eigenvalue weighted by molar-refractivity contribution is -0.124. The van der Waals surface area contributed by atoms with Gasteiger partial charge in [0.15, 0.2) is 16.4 Å². The van der Waals surface area contributed by atoms with Crippen LogP contribution in [-0.2, 0) is 14.6 Å². The fourth-order valence-electron chi connectivity index (χ4n) is 2.48. The lowest BCUT2D eigenvalue weighted by atomic mass is 10.0. The number of rotatable bonds is 5. The number of hydrogen-bond donors (Lipinski definition) is 2. The van der Waals surface area contributed by atoms with Crippen LogP contribution in [0, 0.1) is 0 Å². The first-order valence-electron chi connectivity index (χ1n) is 7.19. The molecule has 0 aliphatic carbocycles. The zero-order valence-electron chi connectivity index (χ0n) is 13.1. The minimum Gasteiger partial charge on any atom is -0.484 e. The number of ether oxygens (including phenoxy) is 1. The zero-order chi connectivity index (χ0) is 17.1. The van der Waals surface area contributed by atoms with Gasteiger partial charge in [-0.2, -0.15) is 0 Å². The van der Waals surface area contributed by atoms with E-state index in [1.807, 2.05) is 0 Å². The van der Waals surface area contributed by atoms with Gasteiger partial charge in [0, 0.05) is 12.6 Å². The molecule has 0 spiro atoms. The van der Waals surface area contributed by atoms with Crippen LogP contribution in [0.4, 0.5) is 0 Å². The van der Waals surface area contributed by atoms with Gasteiger partial charge in [-0.25, -0.2) is 8.42 Å². The standard InChI is InChI=1S/C15H20N2O5S/c1-15(7-8-23(20,21)10-15)17-13(18)9-22-12-5-3-11(4-6-12)14(19)16-2/h3-6H,7-10H2,1-2H3,(H,16,19)(H,17,18). The Kier molecular flexibility index (Phi) is 4.93. The summed E-state index contributed by atoms with van der Waals surface area (Å²) in [5, 5.41) is 5.22. The first kappa shape index (κ1) is 17.3. The Hall–Kier alpha value is -2.09. The van der Waals surface area contributed by atoms with Crippen LogP contribution < -0.4 is 15.4 Å². The molecule has 1 aromatic rings. The summed E-state index contributed by atoms with van der Waals surface area (Å²) in [6.07, 6.45) is 0.405. The normalized spacial score (nSPS) is 22.3. The van der Waals surface area contributed by atoms with Crippen LogP contribution in [0.2, 0.25) is 0 Å². The van der Waals surface area contributed by atoms with Crippen molar-refractivity contribution in [3.8, 4) is 5.75 Å². The zero-order valence-corrected chi connectivity index (χ0v) is 13.9. The van der Waals surface area contributed by atoms with Crippen molar-refractivity contribution in [2.45, 2.75) is 18.9 Å². The molecule has 0 saturated carbocycles. The van der Waals surface area contributed by atoms with Gasteiger partial charge in [-0.3, -0.25) is 9.59 Å². The van der Waals surface area contributed by atoms with E-state index >= 15 is 0 Å². The van der Waals surface area contributed by atoms with Gasteiger partial charge in [0.1, 0.15) is 5.75 Å². The van der Waals surface area contributed by atoms with Crippen molar-refractivity contribution in [1.29, 1.82) is 0 Å². The number of carbonyl (C=O) groups is 2. The second kappa shape index (κ2) is 6.57. The van der Waals surface area contributed by atoms with Gasteiger partial charge in [-0.05, 0) is 37.6 Å². The molecule has 1 aliphatic heterocycles. The lowest BCUT2D eigenvalue weighted by Gasteiger charge is -2.23. The molecule has 126 valence electrons. The maximum Gasteiger partial charge on any atom is 0.258 e. The molecule has 1 saturated heterocycles. The molecule has 2 N–H and O–H groups in total. The summed E-state index contributed by atoms with van der Waals surface area (Å²) >= 11 is 0. The quantitative estimate of drug-likeness (QED) is 0.793. The fraction of sp³-hybridized carbons (Fsp3) is 0.467. The fourth-order valence-corrected chi connectivity index (χ4v) is 4.57. The molecule has 1 atom stereocenters. The summed E-state index contributed by atoms with van der Waals surface area (Å²) in [7, 11) is -1.53. The number of amides is 2. The van der Waals surface area contributed by atoms with Gasteiger partial charge in [-0.15, -0.1) is 0 Å². The number of sulfone groups is 1. The Labute approximate surface area is 135 Å². The average Bonchev–Trinajstić information content (AvgIpc) is 2.78. The highest BCUT2D eigenvalue weighted by atomic mass is 32.2. The van der Waals surface area contributed by atoms with Crippen LogP contribution in [0.15, 0.2) is 24.3 Å². The van der Waals surface area contributed by atoms with Crippen LogP contribution in [0.1, 0.15) is 23.7 Å². The van der Waals surface area contributed by atoms with E-state index in [-0.39, 0.29) is 29.9 Å². The van der Waals surface area contributed by atoms with Crippen molar-refractivity contribution >= 4 is 21.7 Å². The van der Waals surface area contributed by atoms with Crippen molar-refractivity contribution in [2.75, 3.05) is 25.2 Å². The summed E-state index contributed by atoms with van der Waals surface area (Å²) in [5.74, 6) is -0.0836. The molecular weight excluding hydrogens is 320 g/mol. The summed E-state index contributed by atoms with van der Waals surface area (Å²) in [5.41, 5.74) is -0.240. The van der Waals surface area contributed by atoms with Crippen LogP contribution in [0.25, 0.3) is 0 Å². The van der Waals surface area contributed by atoms with E-state index in [1.165, 1.54) is 0 Å². The Balaban J connectivity index is 1.86. The third-order valence-corrected chi connectivity index (χ3v) is 5.56. The molecule has 1 fully saturated rings. The number of benzene rings is 1. The summed E-state index contributed by atoms with van der Waals surface area (Å²) in [6.45, 7) is 1.50. The summed E-state index contributed by atoms with van der Waals surface area (Å²) in [4.78, 5) is 23.3. The van der Waals surface area contributed by atoms with Crippen LogP contribution in [0.5, 0.6) is 5.75 Å². The predicted molar refractivity (Wildman–Crippen MR) is 85.1 cm³/mol.